The average Bonchev–Trinajstić information content (AvgIpc) is 2.78. The van der Waals surface area contributed by atoms with Crippen LogP contribution in [0.15, 0.2) is 54.6 Å². The Balaban J connectivity index is 2.01. The minimum Gasteiger partial charge on any atom is -0.457 e. The van der Waals surface area contributed by atoms with Crippen LogP contribution in [0.2, 0.25) is 0 Å². The van der Waals surface area contributed by atoms with Gasteiger partial charge in [0.1, 0.15) is 11.5 Å². The Kier molecular flexibility index (Phi) is 7.05. The number of anilines is 1. The monoisotopic (exact) mass is 592 g/mol. The summed E-state index contributed by atoms with van der Waals surface area (Å²) >= 11 is 0. The number of halogens is 14. The van der Waals surface area contributed by atoms with Crippen LogP contribution in [0.1, 0.15) is 0 Å². The number of nitrogens with one attached hydrogen (secondary N) is 1. The second-order valence-electron chi connectivity index (χ2n) is 7.64. The molecule has 1 aliphatic rings. The molecule has 1 aliphatic heterocycles. The Morgan fingerprint density at radius 2 is 1.10 bits per heavy atom. The van der Waals surface area contributed by atoms with Crippen molar-refractivity contribution in [3.63, 3.8) is 0 Å². The number of carbonyl (C=O) groups is 1. The predicted octanol–water partition coefficient (Wildman–Crippen LogP) is 6.98. The van der Waals surface area contributed by atoms with E-state index < -0.39 is 58.7 Å². The van der Waals surface area contributed by atoms with E-state index in [1.54, 1.807) is 18.2 Å². The van der Waals surface area contributed by atoms with Crippen LogP contribution in [0.5, 0.6) is 11.5 Å². The van der Waals surface area contributed by atoms with Crippen LogP contribution in [-0.2, 0) is 9.53 Å². The first-order valence-electron chi connectivity index (χ1n) is 9.82. The Bertz CT molecular complexity index is 1160. The Morgan fingerprint density at radius 1 is 0.692 bits per heavy atom. The second-order valence-corrected chi connectivity index (χ2v) is 7.64. The zero-order valence-corrected chi connectivity index (χ0v) is 18.2. The lowest BCUT2D eigenvalue weighted by atomic mass is 10.0. The van der Waals surface area contributed by atoms with Crippen molar-refractivity contribution >= 4 is 11.6 Å². The largest absolute Gasteiger partial charge is 0.457 e. The normalized spacial score (nSPS) is 25.7. The van der Waals surface area contributed by atoms with Gasteiger partial charge in [0.05, 0.1) is 0 Å². The number of morpholine rings is 1. The molecule has 0 bridgehead atoms. The highest BCUT2D eigenvalue weighted by Crippen LogP contribution is 2.64. The fourth-order valence-electron chi connectivity index (χ4n) is 3.13. The van der Waals surface area contributed by atoms with Gasteiger partial charge in [0, 0.05) is 5.69 Å². The van der Waals surface area contributed by atoms with Crippen LogP contribution >= 0.6 is 0 Å². The SMILES string of the molecule is O=C(Nc1ccc(Oc2ccccc2)cc1)C(F)(F)N1C(F)(F)[C@](F)(C(F)(F)F)O[C@@](F)(C(F)(F)F)C1(F)F. The van der Waals surface area contributed by atoms with Crippen LogP contribution in [0.4, 0.5) is 67.2 Å². The fourth-order valence-corrected chi connectivity index (χ4v) is 3.13. The van der Waals surface area contributed by atoms with Gasteiger partial charge in [-0.3, -0.25) is 9.53 Å². The van der Waals surface area contributed by atoms with E-state index in [2.05, 4.69) is 0 Å². The number of alkyl halides is 14. The number of hydrogen-bond acceptors (Lipinski definition) is 4. The molecule has 216 valence electrons. The minimum absolute atomic E-state index is 0.0583. The molecule has 0 aromatic heterocycles. The molecule has 0 spiro atoms. The summed E-state index contributed by atoms with van der Waals surface area (Å²) in [6, 6.07) is -11.1. The van der Waals surface area contributed by atoms with Gasteiger partial charge in [-0.1, -0.05) is 18.2 Å². The van der Waals surface area contributed by atoms with Crippen molar-refractivity contribution in [1.29, 1.82) is 0 Å². The maximum Gasteiger partial charge on any atom is 0.456 e. The maximum absolute atomic E-state index is 14.6. The van der Waals surface area contributed by atoms with Crippen molar-refractivity contribution in [1.82, 2.24) is 4.90 Å². The quantitative estimate of drug-likeness (QED) is 0.301. The molecule has 1 amide bonds. The van der Waals surface area contributed by atoms with Crippen molar-refractivity contribution < 1.29 is 75.7 Å². The standard InChI is InChI=1S/C20H10F14N2O3/c21-14(22,13(37)35-10-6-8-12(9-7-10)38-11-4-2-1-3-5-11)36-19(31,32)15(23,17(25,26)27)39-16(24,18(28,29)30)20(36,33)34/h1-9H,(H,35,37)/t15-,16-/m0/s1. The van der Waals surface area contributed by atoms with Crippen LogP contribution in [0.3, 0.4) is 0 Å². The van der Waals surface area contributed by atoms with E-state index in [9.17, 15) is 66.3 Å². The van der Waals surface area contributed by atoms with Crippen LogP contribution in [-0.4, -0.2) is 53.0 Å². The molecule has 2 aromatic rings. The third kappa shape index (κ3) is 4.70. The average molecular weight is 592 g/mol. The maximum atomic E-state index is 14.6. The number of para-hydroxylation sites is 1. The van der Waals surface area contributed by atoms with E-state index in [0.29, 0.717) is 12.1 Å². The van der Waals surface area contributed by atoms with Crippen molar-refractivity contribution in [2.75, 3.05) is 5.32 Å². The smallest absolute Gasteiger partial charge is 0.456 e. The van der Waals surface area contributed by atoms with Crippen LogP contribution in [0.25, 0.3) is 0 Å². The van der Waals surface area contributed by atoms with Crippen molar-refractivity contribution in [3.8, 4) is 11.5 Å². The first kappa shape index (κ1) is 30.2. The summed E-state index contributed by atoms with van der Waals surface area (Å²) in [6.07, 6.45) is -15.0. The third-order valence-electron chi connectivity index (χ3n) is 4.99. The zero-order valence-electron chi connectivity index (χ0n) is 18.2. The van der Waals surface area contributed by atoms with E-state index >= 15 is 0 Å². The number of amides is 1. The second kappa shape index (κ2) is 9.10. The molecule has 1 saturated heterocycles. The van der Waals surface area contributed by atoms with Gasteiger partial charge in [-0.25, -0.2) is 0 Å². The number of carbonyl (C=O) groups excluding carboxylic acids is 1. The molecule has 0 radical (unpaired) electrons. The topological polar surface area (TPSA) is 50.8 Å². The van der Waals surface area contributed by atoms with Gasteiger partial charge in [0.15, 0.2) is 0 Å². The summed E-state index contributed by atoms with van der Waals surface area (Å²) in [5, 5.41) is 0.977. The molecule has 39 heavy (non-hydrogen) atoms. The first-order chi connectivity index (χ1) is 17.5. The highest BCUT2D eigenvalue weighted by atomic mass is 19.4. The highest BCUT2D eigenvalue weighted by Gasteiger charge is 2.95. The predicted molar refractivity (Wildman–Crippen MR) is 99.1 cm³/mol. The molecule has 0 aliphatic carbocycles. The summed E-state index contributed by atoms with van der Waals surface area (Å²) in [7, 11) is 0. The Labute approximate surface area is 206 Å². The van der Waals surface area contributed by atoms with Gasteiger partial charge in [-0.15, -0.1) is 4.90 Å². The van der Waals surface area contributed by atoms with Crippen LogP contribution in [0, 0.1) is 0 Å². The summed E-state index contributed by atoms with van der Waals surface area (Å²) in [6.45, 7) is 0. The van der Waals surface area contributed by atoms with Gasteiger partial charge in [-0.2, -0.15) is 61.5 Å². The van der Waals surface area contributed by atoms with Crippen LogP contribution < -0.4 is 10.1 Å². The molecule has 1 N–H and O–H groups in total. The lowest BCUT2D eigenvalue weighted by Gasteiger charge is -2.54. The van der Waals surface area contributed by atoms with Crippen molar-refractivity contribution in [2.45, 2.75) is 42.2 Å². The molecule has 5 nitrogen and oxygen atoms in total. The van der Waals surface area contributed by atoms with E-state index in [-0.39, 0.29) is 11.5 Å². The minimum atomic E-state index is -7.52. The molecule has 1 heterocycles. The summed E-state index contributed by atoms with van der Waals surface area (Å²) in [5.74, 6) is -18.2. The lowest BCUT2D eigenvalue weighted by molar-refractivity contribution is -0.592. The molecule has 2 atom stereocenters. The number of hydrogen-bond donors (Lipinski definition) is 1. The number of rotatable bonds is 5. The highest BCUT2D eigenvalue weighted by molar-refractivity contribution is 5.96. The van der Waals surface area contributed by atoms with Gasteiger partial charge in [-0.05, 0) is 36.4 Å². The first-order valence-corrected chi connectivity index (χ1v) is 9.82. The summed E-state index contributed by atoms with van der Waals surface area (Å²) in [5.41, 5.74) is -0.871. The molecule has 0 unspecified atom stereocenters. The van der Waals surface area contributed by atoms with Gasteiger partial charge in [0.25, 0.3) is 0 Å². The summed E-state index contributed by atoms with van der Waals surface area (Å²) in [4.78, 5) is 8.19. The molecular formula is C20H10F14N2O3. The fraction of sp³-hybridized carbons (Fsp3) is 0.350. The molecule has 1 fully saturated rings. The number of ether oxygens (including phenoxy) is 2. The molecule has 3 rings (SSSR count). The number of benzene rings is 2. The van der Waals surface area contributed by atoms with Crippen molar-refractivity contribution in [3.05, 3.63) is 54.6 Å². The summed E-state index contributed by atoms with van der Waals surface area (Å²) < 4.78 is 200. The van der Waals surface area contributed by atoms with E-state index in [0.717, 1.165) is 17.4 Å². The Hall–Kier alpha value is -3.35. The molecule has 19 heteroatoms. The van der Waals surface area contributed by atoms with Crippen molar-refractivity contribution in [2.24, 2.45) is 0 Å². The van der Waals surface area contributed by atoms with Gasteiger partial charge < -0.3 is 10.1 Å². The Morgan fingerprint density at radius 3 is 1.51 bits per heavy atom. The van der Waals surface area contributed by atoms with E-state index in [1.165, 1.54) is 12.1 Å². The number of nitrogens with zero attached hydrogens (tertiary/aromatic N) is 1. The molecular weight excluding hydrogens is 582 g/mol. The van der Waals surface area contributed by atoms with E-state index in [4.69, 9.17) is 4.74 Å². The van der Waals surface area contributed by atoms with Gasteiger partial charge in [0.2, 0.25) is 0 Å². The van der Waals surface area contributed by atoms with E-state index in [1.807, 2.05) is 4.74 Å². The zero-order chi connectivity index (χ0) is 29.9. The van der Waals surface area contributed by atoms with Gasteiger partial charge >= 0.3 is 48.1 Å². The third-order valence-corrected chi connectivity index (χ3v) is 4.99. The molecule has 2 aromatic carbocycles. The molecule has 0 saturated carbocycles. The lowest BCUT2D eigenvalue weighted by Crippen LogP contribution is -2.85.